The van der Waals surface area contributed by atoms with Crippen LogP contribution in [0.4, 0.5) is 0 Å². The zero-order valence-corrected chi connectivity index (χ0v) is 12.2. The Morgan fingerprint density at radius 2 is 2.05 bits per heavy atom. The van der Waals surface area contributed by atoms with Gasteiger partial charge >= 0.3 is 0 Å². The molecule has 0 radical (unpaired) electrons. The van der Waals surface area contributed by atoms with E-state index in [2.05, 4.69) is 34.9 Å². The van der Waals surface area contributed by atoms with E-state index in [4.69, 9.17) is 16.9 Å². The van der Waals surface area contributed by atoms with Crippen molar-refractivity contribution in [3.05, 3.63) is 47.2 Å². The number of rotatable bonds is 7. The molecule has 0 saturated heterocycles. The summed E-state index contributed by atoms with van der Waals surface area (Å²) < 4.78 is 0. The molecule has 2 N–H and O–H groups in total. The number of benzene rings is 1. The van der Waals surface area contributed by atoms with Crippen LogP contribution < -0.4 is 10.6 Å². The third kappa shape index (κ3) is 5.77. The van der Waals surface area contributed by atoms with Gasteiger partial charge in [-0.3, -0.25) is 4.79 Å². The summed E-state index contributed by atoms with van der Waals surface area (Å²) >= 11 is 5.47. The zero-order valence-electron chi connectivity index (χ0n) is 11.4. The smallest absolute Gasteiger partial charge is 0.263 e. The fraction of sp³-hybridized carbons (Fsp3) is 0.333. The first-order valence-electron chi connectivity index (χ1n) is 6.40. The Morgan fingerprint density at radius 3 is 2.65 bits per heavy atom. The van der Waals surface area contributed by atoms with E-state index >= 15 is 0 Å². The lowest BCUT2D eigenvalue weighted by molar-refractivity contribution is -0.117. The van der Waals surface area contributed by atoms with Gasteiger partial charge in [-0.1, -0.05) is 29.8 Å². The standard InChI is InChI=1S/C15H18ClN3O/c1-12-2-4-13(5-3-12)6-8-18-11-14(10-17)15(20)19-9-7-16/h2-5,11,18H,6-9H2,1H3,(H,19,20)/b14-11-. The summed E-state index contributed by atoms with van der Waals surface area (Å²) in [5.41, 5.74) is 2.49. The Balaban J connectivity index is 2.40. The lowest BCUT2D eigenvalue weighted by Gasteiger charge is -2.04. The minimum absolute atomic E-state index is 0.0547. The van der Waals surface area contributed by atoms with Gasteiger partial charge in [0.15, 0.2) is 0 Å². The monoisotopic (exact) mass is 291 g/mol. The third-order valence-electron chi connectivity index (χ3n) is 2.67. The number of nitriles is 1. The van der Waals surface area contributed by atoms with Crippen molar-refractivity contribution >= 4 is 17.5 Å². The largest absolute Gasteiger partial charge is 0.389 e. The number of aryl methyl sites for hydroxylation is 1. The summed E-state index contributed by atoms with van der Waals surface area (Å²) in [6, 6.07) is 10.1. The highest BCUT2D eigenvalue weighted by molar-refractivity contribution is 6.18. The van der Waals surface area contributed by atoms with Crippen molar-refractivity contribution in [2.75, 3.05) is 19.0 Å². The number of hydrogen-bond donors (Lipinski definition) is 2. The van der Waals surface area contributed by atoms with Gasteiger partial charge in [-0.2, -0.15) is 5.26 Å². The maximum Gasteiger partial charge on any atom is 0.263 e. The second kappa shape index (κ2) is 9.00. The van der Waals surface area contributed by atoms with E-state index in [9.17, 15) is 4.79 Å². The van der Waals surface area contributed by atoms with Crippen LogP contribution in [0, 0.1) is 18.3 Å². The van der Waals surface area contributed by atoms with Gasteiger partial charge in [-0.15, -0.1) is 11.6 Å². The predicted octanol–water partition coefficient (Wildman–Crippen LogP) is 1.89. The van der Waals surface area contributed by atoms with Crippen LogP contribution in [0.2, 0.25) is 0 Å². The minimum atomic E-state index is -0.406. The van der Waals surface area contributed by atoms with Crippen molar-refractivity contribution in [2.24, 2.45) is 0 Å². The van der Waals surface area contributed by atoms with Crippen LogP contribution in [-0.4, -0.2) is 24.9 Å². The molecule has 0 aliphatic rings. The molecule has 0 aliphatic heterocycles. The van der Waals surface area contributed by atoms with Gasteiger partial charge in [0, 0.05) is 25.2 Å². The fourth-order valence-electron chi connectivity index (χ4n) is 1.55. The summed E-state index contributed by atoms with van der Waals surface area (Å²) in [5.74, 6) is -0.0818. The third-order valence-corrected chi connectivity index (χ3v) is 2.86. The molecule has 0 heterocycles. The minimum Gasteiger partial charge on any atom is -0.389 e. The topological polar surface area (TPSA) is 64.9 Å². The highest BCUT2D eigenvalue weighted by Gasteiger charge is 2.06. The molecular weight excluding hydrogens is 274 g/mol. The van der Waals surface area contributed by atoms with Gasteiger partial charge in [0.2, 0.25) is 0 Å². The SMILES string of the molecule is Cc1ccc(CCN/C=C(/C#N)C(=O)NCCCl)cc1. The van der Waals surface area contributed by atoms with Crippen molar-refractivity contribution in [1.82, 2.24) is 10.6 Å². The summed E-state index contributed by atoms with van der Waals surface area (Å²) in [5, 5.41) is 14.4. The van der Waals surface area contributed by atoms with E-state index in [1.807, 2.05) is 13.0 Å². The molecule has 0 unspecified atom stereocenters. The molecule has 1 amide bonds. The average molecular weight is 292 g/mol. The number of nitrogens with zero attached hydrogens (tertiary/aromatic N) is 1. The Bertz CT molecular complexity index is 503. The maximum atomic E-state index is 11.5. The van der Waals surface area contributed by atoms with Crippen LogP contribution in [-0.2, 0) is 11.2 Å². The molecule has 20 heavy (non-hydrogen) atoms. The fourth-order valence-corrected chi connectivity index (χ4v) is 1.64. The van der Waals surface area contributed by atoms with E-state index in [1.165, 1.54) is 17.3 Å². The van der Waals surface area contributed by atoms with E-state index in [1.54, 1.807) is 0 Å². The molecule has 1 aromatic rings. The quantitative estimate of drug-likeness (QED) is 0.349. The van der Waals surface area contributed by atoms with E-state index in [0.29, 0.717) is 19.0 Å². The number of halogens is 1. The molecule has 0 saturated carbocycles. The number of amides is 1. The Labute approximate surface area is 124 Å². The molecule has 0 aliphatic carbocycles. The van der Waals surface area contributed by atoms with Crippen LogP contribution in [0.1, 0.15) is 11.1 Å². The van der Waals surface area contributed by atoms with Crippen molar-refractivity contribution in [3.63, 3.8) is 0 Å². The second-order valence-corrected chi connectivity index (χ2v) is 4.68. The highest BCUT2D eigenvalue weighted by Crippen LogP contribution is 2.03. The lowest BCUT2D eigenvalue weighted by atomic mass is 10.1. The molecule has 0 aromatic heterocycles. The maximum absolute atomic E-state index is 11.5. The number of carbonyl (C=O) groups is 1. The van der Waals surface area contributed by atoms with Crippen molar-refractivity contribution in [2.45, 2.75) is 13.3 Å². The molecule has 0 fully saturated rings. The number of nitrogens with one attached hydrogen (secondary N) is 2. The average Bonchev–Trinajstić information content (AvgIpc) is 2.46. The van der Waals surface area contributed by atoms with E-state index < -0.39 is 5.91 Å². The van der Waals surface area contributed by atoms with Gasteiger partial charge in [0.1, 0.15) is 11.6 Å². The summed E-state index contributed by atoms with van der Waals surface area (Å²) in [7, 11) is 0. The van der Waals surface area contributed by atoms with Gasteiger partial charge in [0.05, 0.1) is 0 Å². The van der Waals surface area contributed by atoms with Crippen LogP contribution in [0.15, 0.2) is 36.0 Å². The molecule has 4 nitrogen and oxygen atoms in total. The Hall–Kier alpha value is -1.99. The van der Waals surface area contributed by atoms with E-state index in [-0.39, 0.29) is 5.57 Å². The van der Waals surface area contributed by atoms with Gasteiger partial charge in [-0.25, -0.2) is 0 Å². The summed E-state index contributed by atoms with van der Waals surface area (Å²) in [6.07, 6.45) is 2.27. The van der Waals surface area contributed by atoms with Crippen LogP contribution in [0.25, 0.3) is 0 Å². The lowest BCUT2D eigenvalue weighted by Crippen LogP contribution is -2.27. The number of alkyl halides is 1. The van der Waals surface area contributed by atoms with Crippen molar-refractivity contribution in [3.8, 4) is 6.07 Å². The first-order chi connectivity index (χ1) is 9.67. The first-order valence-corrected chi connectivity index (χ1v) is 6.94. The van der Waals surface area contributed by atoms with Gasteiger partial charge < -0.3 is 10.6 Å². The molecular formula is C15H18ClN3O. The van der Waals surface area contributed by atoms with Crippen LogP contribution >= 0.6 is 11.6 Å². The van der Waals surface area contributed by atoms with Crippen molar-refractivity contribution in [1.29, 1.82) is 5.26 Å². The van der Waals surface area contributed by atoms with E-state index in [0.717, 1.165) is 6.42 Å². The molecule has 5 heteroatoms. The number of hydrogen-bond acceptors (Lipinski definition) is 3. The summed E-state index contributed by atoms with van der Waals surface area (Å²) in [6.45, 7) is 3.06. The Kier molecular flexibility index (Phi) is 7.23. The van der Waals surface area contributed by atoms with Crippen LogP contribution in [0.3, 0.4) is 0 Å². The van der Waals surface area contributed by atoms with Crippen LogP contribution in [0.5, 0.6) is 0 Å². The first kappa shape index (κ1) is 16.1. The van der Waals surface area contributed by atoms with Gasteiger partial charge in [-0.05, 0) is 18.9 Å². The summed E-state index contributed by atoms with van der Waals surface area (Å²) in [4.78, 5) is 11.5. The molecule has 0 bridgehead atoms. The predicted molar refractivity (Wildman–Crippen MR) is 80.3 cm³/mol. The molecule has 106 valence electrons. The molecule has 0 spiro atoms. The molecule has 1 rings (SSSR count). The van der Waals surface area contributed by atoms with Gasteiger partial charge in [0.25, 0.3) is 5.91 Å². The second-order valence-electron chi connectivity index (χ2n) is 4.30. The normalized spacial score (nSPS) is 10.8. The molecule has 0 atom stereocenters. The van der Waals surface area contributed by atoms with Crippen molar-refractivity contribution < 1.29 is 4.79 Å². The molecule has 1 aromatic carbocycles. The Morgan fingerprint density at radius 1 is 1.35 bits per heavy atom. The zero-order chi connectivity index (χ0) is 14.8. The highest BCUT2D eigenvalue weighted by atomic mass is 35.5. The number of carbonyl (C=O) groups excluding carboxylic acids is 1.